The van der Waals surface area contributed by atoms with Crippen molar-refractivity contribution < 1.29 is 4.79 Å². The Kier molecular flexibility index (Phi) is 6.12. The average Bonchev–Trinajstić information content (AvgIpc) is 3.01. The van der Waals surface area contributed by atoms with Gasteiger partial charge in [-0.1, -0.05) is 53.7 Å². The van der Waals surface area contributed by atoms with E-state index in [9.17, 15) is 4.79 Å². The van der Waals surface area contributed by atoms with Crippen molar-refractivity contribution in [3.8, 4) is 6.07 Å². The summed E-state index contributed by atoms with van der Waals surface area (Å²) in [7, 11) is 1.89. The Morgan fingerprint density at radius 1 is 1.26 bits per heavy atom. The molecule has 3 aromatic rings. The standard InChI is InChI=1S/C19H16ClN5OS/c1-25-17(9-13-5-3-2-4-6-13)23-24-19(25)27-12-18(26)22-15-8-7-14(11-21)16(20)10-15/h2-8,10H,9,12H2,1H3,(H,22,26). The fourth-order valence-electron chi connectivity index (χ4n) is 2.41. The molecule has 0 atom stereocenters. The number of aromatic nitrogens is 3. The summed E-state index contributed by atoms with van der Waals surface area (Å²) in [5.74, 6) is 0.839. The fourth-order valence-corrected chi connectivity index (χ4v) is 3.37. The number of hydrogen-bond donors (Lipinski definition) is 1. The molecule has 3 rings (SSSR count). The van der Waals surface area contributed by atoms with Crippen molar-refractivity contribution in [1.29, 1.82) is 5.26 Å². The van der Waals surface area contributed by atoms with Crippen LogP contribution in [0.2, 0.25) is 5.02 Å². The van der Waals surface area contributed by atoms with Gasteiger partial charge in [-0.3, -0.25) is 4.79 Å². The second kappa shape index (κ2) is 8.71. The molecule has 0 bridgehead atoms. The van der Waals surface area contributed by atoms with Crippen LogP contribution in [0.1, 0.15) is 17.0 Å². The highest BCUT2D eigenvalue weighted by Gasteiger charge is 2.12. The van der Waals surface area contributed by atoms with Gasteiger partial charge in [0.15, 0.2) is 5.16 Å². The van der Waals surface area contributed by atoms with Gasteiger partial charge in [-0.15, -0.1) is 10.2 Å². The molecule has 0 aliphatic carbocycles. The molecule has 1 aromatic heterocycles. The SMILES string of the molecule is Cn1c(Cc2ccccc2)nnc1SCC(=O)Nc1ccc(C#N)c(Cl)c1. The smallest absolute Gasteiger partial charge is 0.234 e. The maximum Gasteiger partial charge on any atom is 0.234 e. The topological polar surface area (TPSA) is 83.6 Å². The minimum Gasteiger partial charge on any atom is -0.325 e. The minimum atomic E-state index is -0.187. The molecule has 1 N–H and O–H groups in total. The van der Waals surface area contributed by atoms with Crippen LogP contribution in [0.15, 0.2) is 53.7 Å². The van der Waals surface area contributed by atoms with E-state index in [1.54, 1.807) is 18.2 Å². The Labute approximate surface area is 166 Å². The Bertz CT molecular complexity index is 997. The van der Waals surface area contributed by atoms with Crippen molar-refractivity contribution in [3.63, 3.8) is 0 Å². The first-order chi connectivity index (χ1) is 13.1. The van der Waals surface area contributed by atoms with E-state index in [4.69, 9.17) is 16.9 Å². The Balaban J connectivity index is 1.58. The summed E-state index contributed by atoms with van der Waals surface area (Å²) in [6.45, 7) is 0. The minimum absolute atomic E-state index is 0.187. The molecule has 0 aliphatic rings. The first-order valence-electron chi connectivity index (χ1n) is 8.11. The molecular formula is C19H16ClN5OS. The van der Waals surface area contributed by atoms with Gasteiger partial charge in [-0.05, 0) is 23.8 Å². The zero-order valence-corrected chi connectivity index (χ0v) is 16.1. The molecule has 6 nitrogen and oxygen atoms in total. The van der Waals surface area contributed by atoms with Gasteiger partial charge in [-0.25, -0.2) is 0 Å². The van der Waals surface area contributed by atoms with Crippen molar-refractivity contribution in [2.75, 3.05) is 11.1 Å². The molecule has 0 radical (unpaired) electrons. The molecular weight excluding hydrogens is 382 g/mol. The number of carbonyl (C=O) groups excluding carboxylic acids is 1. The van der Waals surface area contributed by atoms with E-state index in [-0.39, 0.29) is 11.7 Å². The number of rotatable bonds is 6. The predicted molar refractivity (Wildman–Crippen MR) is 106 cm³/mol. The van der Waals surface area contributed by atoms with Crippen LogP contribution in [-0.2, 0) is 18.3 Å². The van der Waals surface area contributed by atoms with Gasteiger partial charge in [0.2, 0.25) is 5.91 Å². The molecule has 0 unspecified atom stereocenters. The molecule has 0 saturated carbocycles. The van der Waals surface area contributed by atoms with Crippen LogP contribution in [0.5, 0.6) is 0 Å². The number of hydrogen-bond acceptors (Lipinski definition) is 5. The van der Waals surface area contributed by atoms with Crippen molar-refractivity contribution in [3.05, 3.63) is 70.5 Å². The number of nitrogens with one attached hydrogen (secondary N) is 1. The highest BCUT2D eigenvalue weighted by molar-refractivity contribution is 7.99. The summed E-state index contributed by atoms with van der Waals surface area (Å²) in [5.41, 5.74) is 2.07. The molecule has 1 amide bonds. The third kappa shape index (κ3) is 4.88. The normalized spacial score (nSPS) is 10.4. The number of thioether (sulfide) groups is 1. The molecule has 136 valence electrons. The van der Waals surface area contributed by atoms with Gasteiger partial charge < -0.3 is 9.88 Å². The van der Waals surface area contributed by atoms with Gasteiger partial charge in [0.25, 0.3) is 0 Å². The molecule has 8 heteroatoms. The predicted octanol–water partition coefficient (Wildman–Crippen LogP) is 3.66. The number of halogens is 1. The largest absolute Gasteiger partial charge is 0.325 e. The van der Waals surface area contributed by atoms with Crippen LogP contribution >= 0.6 is 23.4 Å². The van der Waals surface area contributed by atoms with E-state index in [1.807, 2.05) is 48.0 Å². The first kappa shape index (κ1) is 19.0. The molecule has 0 aliphatic heterocycles. The van der Waals surface area contributed by atoms with Crippen molar-refractivity contribution in [2.45, 2.75) is 11.6 Å². The van der Waals surface area contributed by atoms with Gasteiger partial charge in [0.1, 0.15) is 11.9 Å². The number of carbonyl (C=O) groups is 1. The number of anilines is 1. The molecule has 0 fully saturated rings. The van der Waals surface area contributed by atoms with Crippen molar-refractivity contribution >= 4 is 35.0 Å². The number of nitriles is 1. The second-order valence-electron chi connectivity index (χ2n) is 5.76. The number of nitrogens with zero attached hydrogens (tertiary/aromatic N) is 4. The van der Waals surface area contributed by atoms with Gasteiger partial charge >= 0.3 is 0 Å². The van der Waals surface area contributed by atoms with E-state index < -0.39 is 0 Å². The zero-order chi connectivity index (χ0) is 19.2. The highest BCUT2D eigenvalue weighted by atomic mass is 35.5. The lowest BCUT2D eigenvalue weighted by Crippen LogP contribution is -2.14. The van der Waals surface area contributed by atoms with Crippen molar-refractivity contribution in [2.24, 2.45) is 7.05 Å². The zero-order valence-electron chi connectivity index (χ0n) is 14.5. The summed E-state index contributed by atoms with van der Waals surface area (Å²) in [6, 6.07) is 16.8. The molecule has 1 heterocycles. The second-order valence-corrected chi connectivity index (χ2v) is 7.11. The third-order valence-electron chi connectivity index (χ3n) is 3.84. The Hall–Kier alpha value is -2.82. The summed E-state index contributed by atoms with van der Waals surface area (Å²) in [5, 5.41) is 21.0. The molecule has 27 heavy (non-hydrogen) atoms. The maximum atomic E-state index is 12.2. The van der Waals surface area contributed by atoms with E-state index in [0.29, 0.717) is 27.9 Å². The Morgan fingerprint density at radius 2 is 2.04 bits per heavy atom. The van der Waals surface area contributed by atoms with Crippen LogP contribution < -0.4 is 5.32 Å². The molecule has 0 saturated heterocycles. The lowest BCUT2D eigenvalue weighted by atomic mass is 10.1. The fraction of sp³-hybridized carbons (Fsp3) is 0.158. The summed E-state index contributed by atoms with van der Waals surface area (Å²) >= 11 is 7.28. The monoisotopic (exact) mass is 397 g/mol. The average molecular weight is 398 g/mol. The third-order valence-corrected chi connectivity index (χ3v) is 5.17. The van der Waals surface area contributed by atoms with Crippen molar-refractivity contribution in [1.82, 2.24) is 14.8 Å². The summed E-state index contributed by atoms with van der Waals surface area (Å²) in [4.78, 5) is 12.2. The van der Waals surface area contributed by atoms with Crippen LogP contribution in [-0.4, -0.2) is 26.4 Å². The first-order valence-corrected chi connectivity index (χ1v) is 9.47. The quantitative estimate of drug-likeness (QED) is 0.641. The van der Waals surface area contributed by atoms with Gasteiger partial charge in [-0.2, -0.15) is 5.26 Å². The van der Waals surface area contributed by atoms with E-state index in [1.165, 1.54) is 11.8 Å². The van der Waals surface area contributed by atoms with E-state index >= 15 is 0 Å². The highest BCUT2D eigenvalue weighted by Crippen LogP contribution is 2.21. The van der Waals surface area contributed by atoms with Crippen LogP contribution in [0.4, 0.5) is 5.69 Å². The summed E-state index contributed by atoms with van der Waals surface area (Å²) < 4.78 is 1.89. The maximum absolute atomic E-state index is 12.2. The van der Waals surface area contributed by atoms with Crippen LogP contribution in [0, 0.1) is 11.3 Å². The van der Waals surface area contributed by atoms with E-state index in [0.717, 1.165) is 11.4 Å². The molecule has 0 spiro atoms. The van der Waals surface area contributed by atoms with Gasteiger partial charge in [0, 0.05) is 19.2 Å². The summed E-state index contributed by atoms with van der Waals surface area (Å²) in [6.07, 6.45) is 0.681. The van der Waals surface area contributed by atoms with Gasteiger partial charge in [0.05, 0.1) is 16.3 Å². The number of amides is 1. The van der Waals surface area contributed by atoms with Crippen LogP contribution in [0.3, 0.4) is 0 Å². The lowest BCUT2D eigenvalue weighted by molar-refractivity contribution is -0.113. The van der Waals surface area contributed by atoms with Crippen LogP contribution in [0.25, 0.3) is 0 Å². The Morgan fingerprint density at radius 3 is 2.74 bits per heavy atom. The number of benzene rings is 2. The van der Waals surface area contributed by atoms with E-state index in [2.05, 4.69) is 15.5 Å². The lowest BCUT2D eigenvalue weighted by Gasteiger charge is -2.06. The molecule has 2 aromatic carbocycles.